The van der Waals surface area contributed by atoms with Gasteiger partial charge in [0.15, 0.2) is 0 Å². The molecule has 0 saturated carbocycles. The molecule has 0 bridgehead atoms. The highest BCUT2D eigenvalue weighted by Gasteiger charge is 2.23. The molecule has 6 nitrogen and oxygen atoms in total. The number of halogens is 1. The third kappa shape index (κ3) is 1.72. The van der Waals surface area contributed by atoms with E-state index in [1.165, 1.54) is 12.2 Å². The molecule has 7 heteroatoms. The second kappa shape index (κ2) is 3.86. The van der Waals surface area contributed by atoms with Crippen LogP contribution >= 0.6 is 0 Å². The van der Waals surface area contributed by atoms with Crippen molar-refractivity contribution < 1.29 is 13.9 Å². The lowest BCUT2D eigenvalue weighted by molar-refractivity contribution is -0.132. The standard InChI is InChI=1S/C9H7FN2O4/c10-5-4-12(9(15)11-7(5)14)8-6(13)2-1-3-16-8/h1-2,4,8H,3H2,(H,11,14,15). The van der Waals surface area contributed by atoms with Crippen molar-refractivity contribution in [2.45, 2.75) is 6.23 Å². The summed E-state index contributed by atoms with van der Waals surface area (Å²) in [6.45, 7) is 0.142. The van der Waals surface area contributed by atoms with Crippen LogP contribution in [0.5, 0.6) is 0 Å². The molecule has 84 valence electrons. The van der Waals surface area contributed by atoms with E-state index in [0.29, 0.717) is 10.8 Å². The van der Waals surface area contributed by atoms with Gasteiger partial charge < -0.3 is 4.74 Å². The van der Waals surface area contributed by atoms with Crippen LogP contribution in [-0.2, 0) is 9.53 Å². The summed E-state index contributed by atoms with van der Waals surface area (Å²) in [5.74, 6) is -1.63. The monoisotopic (exact) mass is 226 g/mol. The van der Waals surface area contributed by atoms with Crippen molar-refractivity contribution in [2.24, 2.45) is 0 Å². The van der Waals surface area contributed by atoms with E-state index in [1.807, 2.05) is 0 Å². The smallest absolute Gasteiger partial charge is 0.331 e. The summed E-state index contributed by atoms with van der Waals surface area (Å²) in [6, 6.07) is 0. The van der Waals surface area contributed by atoms with Gasteiger partial charge in [-0.25, -0.2) is 4.79 Å². The fourth-order valence-electron chi connectivity index (χ4n) is 1.33. The van der Waals surface area contributed by atoms with Gasteiger partial charge in [-0.2, -0.15) is 4.39 Å². The van der Waals surface area contributed by atoms with Crippen molar-refractivity contribution in [3.05, 3.63) is 45.0 Å². The van der Waals surface area contributed by atoms with Gasteiger partial charge in [0, 0.05) is 0 Å². The van der Waals surface area contributed by atoms with Crippen molar-refractivity contribution in [1.29, 1.82) is 0 Å². The number of aromatic nitrogens is 2. The summed E-state index contributed by atoms with van der Waals surface area (Å²) in [6.07, 6.45) is 2.15. The van der Waals surface area contributed by atoms with Gasteiger partial charge in [-0.1, -0.05) is 6.08 Å². The number of hydrogen-bond acceptors (Lipinski definition) is 4. The largest absolute Gasteiger partial charge is 0.346 e. The Labute approximate surface area is 88.0 Å². The molecule has 0 aliphatic carbocycles. The van der Waals surface area contributed by atoms with Crippen LogP contribution in [0.2, 0.25) is 0 Å². The normalized spacial score (nSPS) is 20.1. The maximum atomic E-state index is 13.0. The quantitative estimate of drug-likeness (QED) is 0.688. The number of ketones is 1. The van der Waals surface area contributed by atoms with Crippen LogP contribution in [0.4, 0.5) is 4.39 Å². The topological polar surface area (TPSA) is 81.2 Å². The first-order chi connectivity index (χ1) is 7.59. The molecule has 0 spiro atoms. The number of nitrogens with zero attached hydrogens (tertiary/aromatic N) is 1. The van der Waals surface area contributed by atoms with Crippen LogP contribution < -0.4 is 11.2 Å². The molecule has 1 aliphatic heterocycles. The number of rotatable bonds is 1. The van der Waals surface area contributed by atoms with E-state index in [0.717, 1.165) is 0 Å². The van der Waals surface area contributed by atoms with Crippen molar-refractivity contribution >= 4 is 5.78 Å². The highest BCUT2D eigenvalue weighted by molar-refractivity contribution is 5.92. The van der Waals surface area contributed by atoms with Crippen molar-refractivity contribution in [3.8, 4) is 0 Å². The van der Waals surface area contributed by atoms with E-state index in [1.54, 1.807) is 4.98 Å². The molecule has 2 heterocycles. The summed E-state index contributed by atoms with van der Waals surface area (Å²) in [5.41, 5.74) is -2.01. The number of aromatic amines is 1. The van der Waals surface area contributed by atoms with Crippen LogP contribution in [0.3, 0.4) is 0 Å². The second-order valence-corrected chi connectivity index (χ2v) is 3.13. The highest BCUT2D eigenvalue weighted by Crippen LogP contribution is 2.11. The number of ether oxygens (including phenoxy) is 1. The minimum Gasteiger partial charge on any atom is -0.346 e. The van der Waals surface area contributed by atoms with Gasteiger partial charge in [0.25, 0.3) is 5.56 Å². The van der Waals surface area contributed by atoms with Crippen LogP contribution in [0.25, 0.3) is 0 Å². The highest BCUT2D eigenvalue weighted by atomic mass is 19.1. The Balaban J connectivity index is 2.52. The first-order valence-corrected chi connectivity index (χ1v) is 4.42. The van der Waals surface area contributed by atoms with Gasteiger partial charge in [0.05, 0.1) is 12.8 Å². The van der Waals surface area contributed by atoms with E-state index >= 15 is 0 Å². The Morgan fingerprint density at radius 3 is 2.88 bits per heavy atom. The fraction of sp³-hybridized carbons (Fsp3) is 0.222. The Morgan fingerprint density at radius 1 is 1.44 bits per heavy atom. The Hall–Kier alpha value is -2.02. The Bertz CT molecular complexity index is 572. The van der Waals surface area contributed by atoms with E-state index < -0.39 is 29.1 Å². The summed E-state index contributed by atoms with van der Waals surface area (Å²) in [7, 11) is 0. The predicted octanol–water partition coefficient (Wildman–Crippen LogP) is -0.670. The van der Waals surface area contributed by atoms with Crippen molar-refractivity contribution in [3.63, 3.8) is 0 Å². The maximum absolute atomic E-state index is 13.0. The van der Waals surface area contributed by atoms with Gasteiger partial charge in [0.1, 0.15) is 0 Å². The summed E-state index contributed by atoms with van der Waals surface area (Å²) in [5, 5.41) is 0. The van der Waals surface area contributed by atoms with E-state index in [2.05, 4.69) is 0 Å². The van der Waals surface area contributed by atoms with Crippen LogP contribution in [-0.4, -0.2) is 21.9 Å². The minimum atomic E-state index is -1.22. The molecule has 1 N–H and O–H groups in total. The number of carbonyl (C=O) groups is 1. The molecule has 16 heavy (non-hydrogen) atoms. The van der Waals surface area contributed by atoms with E-state index in [-0.39, 0.29) is 6.61 Å². The summed E-state index contributed by atoms with van der Waals surface area (Å²) in [4.78, 5) is 35.2. The average molecular weight is 226 g/mol. The zero-order valence-electron chi connectivity index (χ0n) is 7.97. The van der Waals surface area contributed by atoms with Gasteiger partial charge in [-0.05, 0) is 6.08 Å². The Kier molecular flexibility index (Phi) is 2.53. The molecule has 2 rings (SSSR count). The minimum absolute atomic E-state index is 0.142. The summed E-state index contributed by atoms with van der Waals surface area (Å²) >= 11 is 0. The lowest BCUT2D eigenvalue weighted by atomic mass is 10.2. The maximum Gasteiger partial charge on any atom is 0.331 e. The number of hydrogen-bond donors (Lipinski definition) is 1. The molecule has 1 aromatic rings. The van der Waals surface area contributed by atoms with Crippen LogP contribution in [0, 0.1) is 5.82 Å². The molecule has 0 fully saturated rings. The summed E-state index contributed by atoms with van der Waals surface area (Å²) < 4.78 is 18.7. The number of carbonyl (C=O) groups excluding carboxylic acids is 1. The van der Waals surface area contributed by atoms with Crippen molar-refractivity contribution in [2.75, 3.05) is 6.61 Å². The third-order valence-corrected chi connectivity index (χ3v) is 2.05. The first-order valence-electron chi connectivity index (χ1n) is 4.42. The van der Waals surface area contributed by atoms with Crippen LogP contribution in [0.1, 0.15) is 6.23 Å². The van der Waals surface area contributed by atoms with Crippen LogP contribution in [0.15, 0.2) is 27.9 Å². The molecular formula is C9H7FN2O4. The SMILES string of the molecule is O=C1C=CCOC1n1cc(F)c(=O)[nH]c1=O. The second-order valence-electron chi connectivity index (χ2n) is 3.13. The van der Waals surface area contributed by atoms with Gasteiger partial charge in [-0.3, -0.25) is 19.1 Å². The van der Waals surface area contributed by atoms with Gasteiger partial charge in [0.2, 0.25) is 17.8 Å². The van der Waals surface area contributed by atoms with Gasteiger partial charge >= 0.3 is 5.69 Å². The molecular weight excluding hydrogens is 219 g/mol. The van der Waals surface area contributed by atoms with E-state index in [9.17, 15) is 18.8 Å². The molecule has 1 aliphatic rings. The first kappa shape index (κ1) is 10.5. The molecule has 0 radical (unpaired) electrons. The average Bonchev–Trinajstić information content (AvgIpc) is 2.25. The number of H-pyrrole nitrogens is 1. The lowest BCUT2D eigenvalue weighted by Gasteiger charge is -2.19. The number of nitrogens with one attached hydrogen (secondary N) is 1. The van der Waals surface area contributed by atoms with Crippen molar-refractivity contribution in [1.82, 2.24) is 9.55 Å². The van der Waals surface area contributed by atoms with Gasteiger partial charge in [-0.15, -0.1) is 0 Å². The molecule has 0 saturated heterocycles. The Morgan fingerprint density at radius 2 is 2.19 bits per heavy atom. The molecule has 0 aromatic carbocycles. The lowest BCUT2D eigenvalue weighted by Crippen LogP contribution is -2.38. The van der Waals surface area contributed by atoms with E-state index in [4.69, 9.17) is 4.74 Å². The molecule has 1 atom stereocenters. The zero-order chi connectivity index (χ0) is 11.7. The molecule has 0 amide bonds. The molecule has 1 unspecified atom stereocenters. The fourth-order valence-corrected chi connectivity index (χ4v) is 1.33. The molecule has 1 aromatic heterocycles. The predicted molar refractivity (Wildman–Crippen MR) is 50.4 cm³/mol. The third-order valence-electron chi connectivity index (χ3n) is 2.05. The zero-order valence-corrected chi connectivity index (χ0v) is 7.97.